The van der Waals surface area contributed by atoms with Crippen LogP contribution in [0.4, 0.5) is 0 Å². The molecule has 0 aliphatic rings. The number of rotatable bonds is 0. The van der Waals surface area contributed by atoms with Crippen LogP contribution in [0.5, 0.6) is 0 Å². The Morgan fingerprint density at radius 3 is 1.45 bits per heavy atom. The molecule has 0 aromatic heterocycles. The van der Waals surface area contributed by atoms with Crippen molar-refractivity contribution < 1.29 is 0 Å². The first kappa shape index (κ1) is 14.1. The van der Waals surface area contributed by atoms with E-state index in [9.17, 15) is 26.3 Å². The average molecular weight is 278 g/mol. The maximum atomic E-state index is 9.33. The number of benzene rings is 2. The summed E-state index contributed by atoms with van der Waals surface area (Å²) in [5, 5.41) is 55.6. The summed E-state index contributed by atoms with van der Waals surface area (Å²) in [7, 11) is 0. The minimum absolute atomic E-state index is 0.0315. The molecule has 0 unspecified atom stereocenters. The van der Waals surface area contributed by atoms with Crippen LogP contribution in [0.15, 0.2) is 12.1 Å². The van der Waals surface area contributed by atoms with Gasteiger partial charge in [-0.2, -0.15) is 31.6 Å². The summed E-state index contributed by atoms with van der Waals surface area (Å²) in [4.78, 5) is 0. The summed E-state index contributed by atoms with van der Waals surface area (Å²) < 4.78 is 0. The van der Waals surface area contributed by atoms with E-state index in [0.29, 0.717) is 0 Å². The maximum absolute atomic E-state index is 9.33. The fraction of sp³-hybridized carbons (Fsp3) is 0. The van der Waals surface area contributed by atoms with Crippen LogP contribution in [0.1, 0.15) is 33.4 Å². The Bertz CT molecular complexity index is 1070. The Kier molecular flexibility index (Phi) is 3.40. The van der Waals surface area contributed by atoms with Gasteiger partial charge in [0.1, 0.15) is 36.4 Å². The molecule has 0 saturated heterocycles. The SMILES string of the molecule is N#Cc1ccc2c(C#N)c(C#N)c(C#N)c(C#N)c2c1C#N. The molecule has 0 amide bonds. The first-order valence-electron chi connectivity index (χ1n) is 5.75. The summed E-state index contributed by atoms with van der Waals surface area (Å²) in [6.07, 6.45) is 0. The minimum Gasteiger partial charge on any atom is -0.192 e. The van der Waals surface area contributed by atoms with Crippen LogP contribution in [0.25, 0.3) is 10.8 Å². The normalized spacial score (nSPS) is 8.64. The monoisotopic (exact) mass is 278 g/mol. The highest BCUT2D eigenvalue weighted by molar-refractivity contribution is 6.01. The second kappa shape index (κ2) is 5.33. The molecule has 0 bridgehead atoms. The molecule has 0 heterocycles. The fourth-order valence-corrected chi connectivity index (χ4v) is 2.24. The lowest BCUT2D eigenvalue weighted by atomic mass is 9.87. The van der Waals surface area contributed by atoms with Gasteiger partial charge in [0.15, 0.2) is 0 Å². The van der Waals surface area contributed by atoms with Crippen molar-refractivity contribution in [3.63, 3.8) is 0 Å². The van der Waals surface area contributed by atoms with Gasteiger partial charge in [-0.3, -0.25) is 0 Å². The summed E-state index contributed by atoms with van der Waals surface area (Å²) in [6.45, 7) is 0. The van der Waals surface area contributed by atoms with E-state index in [4.69, 9.17) is 5.26 Å². The lowest BCUT2D eigenvalue weighted by Crippen LogP contribution is -2.00. The van der Waals surface area contributed by atoms with Gasteiger partial charge >= 0.3 is 0 Å². The summed E-state index contributed by atoms with van der Waals surface area (Å²) in [5.41, 5.74) is -0.794. The Hall–Kier alpha value is -4.36. The van der Waals surface area contributed by atoms with Gasteiger partial charge < -0.3 is 0 Å². The molecule has 0 aliphatic heterocycles. The molecule has 2 aromatic carbocycles. The van der Waals surface area contributed by atoms with Crippen LogP contribution in [0.2, 0.25) is 0 Å². The molecule has 2 rings (SSSR count). The third-order valence-corrected chi connectivity index (χ3v) is 3.15. The summed E-state index contributed by atoms with van der Waals surface area (Å²) in [6, 6.07) is 13.5. The molecule has 0 N–H and O–H groups in total. The molecule has 22 heavy (non-hydrogen) atoms. The van der Waals surface area contributed by atoms with Crippen molar-refractivity contribution in [2.24, 2.45) is 0 Å². The lowest BCUT2D eigenvalue weighted by molar-refractivity contribution is 1.38. The number of fused-ring (bicyclic) bond motifs is 1. The number of nitrogens with zero attached hydrogens (tertiary/aromatic N) is 6. The zero-order valence-electron chi connectivity index (χ0n) is 10.8. The molecule has 0 fully saturated rings. The minimum atomic E-state index is -0.263. The third kappa shape index (κ3) is 1.68. The Balaban J connectivity index is 3.35. The van der Waals surface area contributed by atoms with Crippen LogP contribution < -0.4 is 0 Å². The van der Waals surface area contributed by atoms with Gasteiger partial charge in [0.05, 0.1) is 33.4 Å². The van der Waals surface area contributed by atoms with E-state index in [0.717, 1.165) is 0 Å². The second-order valence-electron chi connectivity index (χ2n) is 4.08. The molecule has 0 radical (unpaired) electrons. The smallest absolute Gasteiger partial charge is 0.102 e. The summed E-state index contributed by atoms with van der Waals surface area (Å²) >= 11 is 0. The van der Waals surface area contributed by atoms with E-state index in [-0.39, 0.29) is 44.2 Å². The predicted molar refractivity (Wildman–Crippen MR) is 72.2 cm³/mol. The summed E-state index contributed by atoms with van der Waals surface area (Å²) in [5.74, 6) is 0. The highest BCUT2D eigenvalue weighted by atomic mass is 14.4. The number of hydrogen-bond acceptors (Lipinski definition) is 6. The van der Waals surface area contributed by atoms with Gasteiger partial charge in [-0.15, -0.1) is 0 Å². The van der Waals surface area contributed by atoms with Gasteiger partial charge in [0, 0.05) is 10.8 Å². The van der Waals surface area contributed by atoms with E-state index in [2.05, 4.69) is 0 Å². The van der Waals surface area contributed by atoms with Crippen molar-refractivity contribution in [1.29, 1.82) is 31.6 Å². The van der Waals surface area contributed by atoms with Gasteiger partial charge in [0.2, 0.25) is 0 Å². The van der Waals surface area contributed by atoms with E-state index in [1.807, 2.05) is 18.2 Å². The van der Waals surface area contributed by atoms with Crippen molar-refractivity contribution in [3.8, 4) is 36.4 Å². The standard InChI is InChI=1S/C16H2N6/c17-3-9-1-2-10-12(5-19)13(6-20)14(7-21)15(8-22)16(10)11(9)4-18/h1-2H. The Labute approximate surface area is 125 Å². The lowest BCUT2D eigenvalue weighted by Gasteiger charge is -2.09. The zero-order valence-corrected chi connectivity index (χ0v) is 10.8. The third-order valence-electron chi connectivity index (χ3n) is 3.15. The van der Waals surface area contributed by atoms with Crippen LogP contribution in [-0.4, -0.2) is 0 Å². The molecular weight excluding hydrogens is 276 g/mol. The molecule has 0 atom stereocenters. The van der Waals surface area contributed by atoms with Crippen molar-refractivity contribution in [2.45, 2.75) is 0 Å². The highest BCUT2D eigenvalue weighted by Gasteiger charge is 2.22. The molecule has 6 heteroatoms. The van der Waals surface area contributed by atoms with Crippen LogP contribution in [-0.2, 0) is 0 Å². The van der Waals surface area contributed by atoms with E-state index in [1.165, 1.54) is 12.1 Å². The largest absolute Gasteiger partial charge is 0.192 e. The van der Waals surface area contributed by atoms with Crippen molar-refractivity contribution in [2.75, 3.05) is 0 Å². The van der Waals surface area contributed by atoms with Gasteiger partial charge in [0.25, 0.3) is 0 Å². The van der Waals surface area contributed by atoms with E-state index in [1.54, 1.807) is 18.2 Å². The number of hydrogen-bond donors (Lipinski definition) is 0. The highest BCUT2D eigenvalue weighted by Crippen LogP contribution is 2.33. The predicted octanol–water partition coefficient (Wildman–Crippen LogP) is 2.07. The number of nitriles is 6. The van der Waals surface area contributed by atoms with Gasteiger partial charge in [-0.25, -0.2) is 0 Å². The van der Waals surface area contributed by atoms with Crippen molar-refractivity contribution >= 4 is 10.8 Å². The maximum Gasteiger partial charge on any atom is 0.102 e. The molecule has 0 saturated carbocycles. The van der Waals surface area contributed by atoms with Crippen molar-refractivity contribution in [3.05, 3.63) is 45.5 Å². The Morgan fingerprint density at radius 2 is 1.00 bits per heavy atom. The fourth-order valence-electron chi connectivity index (χ4n) is 2.24. The van der Waals surface area contributed by atoms with Crippen LogP contribution >= 0.6 is 0 Å². The molecule has 0 spiro atoms. The van der Waals surface area contributed by atoms with Crippen molar-refractivity contribution in [1.82, 2.24) is 0 Å². The van der Waals surface area contributed by atoms with Crippen LogP contribution in [0, 0.1) is 68.0 Å². The average Bonchev–Trinajstić information content (AvgIpc) is 2.57. The molecule has 96 valence electrons. The first-order valence-corrected chi connectivity index (χ1v) is 5.75. The quantitative estimate of drug-likeness (QED) is 0.721. The molecule has 0 aliphatic carbocycles. The van der Waals surface area contributed by atoms with Crippen LogP contribution in [0.3, 0.4) is 0 Å². The molecular formula is C16H2N6. The first-order chi connectivity index (χ1) is 10.7. The van der Waals surface area contributed by atoms with E-state index < -0.39 is 0 Å². The second-order valence-corrected chi connectivity index (χ2v) is 4.08. The van der Waals surface area contributed by atoms with Gasteiger partial charge in [-0.1, -0.05) is 6.07 Å². The zero-order chi connectivity index (χ0) is 16.3. The van der Waals surface area contributed by atoms with Gasteiger partial charge in [-0.05, 0) is 6.07 Å². The molecule has 6 nitrogen and oxygen atoms in total. The Morgan fingerprint density at radius 1 is 0.500 bits per heavy atom. The van der Waals surface area contributed by atoms with E-state index >= 15 is 0 Å². The molecule has 2 aromatic rings. The topological polar surface area (TPSA) is 143 Å².